The van der Waals surface area contributed by atoms with Gasteiger partial charge in [0, 0.05) is 15.1 Å². The number of rotatable bonds is 3. The molecule has 1 aliphatic heterocycles. The normalized spacial score (nSPS) is 15.1. The fourth-order valence-corrected chi connectivity index (χ4v) is 5.50. The standard InChI is InChI=1S/C16H13IO2S2/c17-14-4-2-1-3-13(14)15(18)19-12-7-5-11(6-8-12)16-20-9-10-21-16/h1-8,16H,9-10H2. The van der Waals surface area contributed by atoms with Crippen LogP contribution in [0, 0.1) is 3.57 Å². The second-order valence-electron chi connectivity index (χ2n) is 4.51. The van der Waals surface area contributed by atoms with E-state index in [9.17, 15) is 4.79 Å². The molecule has 2 aromatic carbocycles. The van der Waals surface area contributed by atoms with Crippen LogP contribution in [0.3, 0.4) is 0 Å². The summed E-state index contributed by atoms with van der Waals surface area (Å²) in [7, 11) is 0. The molecule has 1 heterocycles. The van der Waals surface area contributed by atoms with Crippen LogP contribution in [0.4, 0.5) is 0 Å². The molecule has 0 aromatic heterocycles. The molecule has 1 fully saturated rings. The average molecular weight is 428 g/mol. The monoisotopic (exact) mass is 428 g/mol. The van der Waals surface area contributed by atoms with E-state index in [1.807, 2.05) is 53.9 Å². The minimum Gasteiger partial charge on any atom is -0.423 e. The fourth-order valence-electron chi connectivity index (χ4n) is 2.03. The molecular weight excluding hydrogens is 415 g/mol. The summed E-state index contributed by atoms with van der Waals surface area (Å²) < 4.78 is 6.86. The van der Waals surface area contributed by atoms with Gasteiger partial charge in [0.05, 0.1) is 10.1 Å². The summed E-state index contributed by atoms with van der Waals surface area (Å²) in [6.07, 6.45) is 0. The second kappa shape index (κ2) is 7.07. The molecule has 0 unspecified atom stereocenters. The predicted octanol–water partition coefficient (Wildman–Crippen LogP) is 4.99. The van der Waals surface area contributed by atoms with Crippen molar-refractivity contribution < 1.29 is 9.53 Å². The highest BCUT2D eigenvalue weighted by molar-refractivity contribution is 14.1. The first-order valence-corrected chi connectivity index (χ1v) is 9.71. The second-order valence-corrected chi connectivity index (χ2v) is 8.40. The van der Waals surface area contributed by atoms with E-state index in [0.717, 1.165) is 3.57 Å². The van der Waals surface area contributed by atoms with Gasteiger partial charge in [-0.25, -0.2) is 4.79 Å². The van der Waals surface area contributed by atoms with Crippen LogP contribution in [0.15, 0.2) is 48.5 Å². The molecule has 2 aromatic rings. The molecule has 0 N–H and O–H groups in total. The zero-order valence-electron chi connectivity index (χ0n) is 11.1. The highest BCUT2D eigenvalue weighted by atomic mass is 127. The van der Waals surface area contributed by atoms with Crippen molar-refractivity contribution in [3.8, 4) is 5.75 Å². The van der Waals surface area contributed by atoms with E-state index in [0.29, 0.717) is 15.9 Å². The third-order valence-corrected chi connectivity index (χ3v) is 7.12. The summed E-state index contributed by atoms with van der Waals surface area (Å²) in [5, 5.41) is 0. The first-order chi connectivity index (χ1) is 10.2. The molecule has 0 amide bonds. The molecule has 0 spiro atoms. The van der Waals surface area contributed by atoms with E-state index < -0.39 is 0 Å². The smallest absolute Gasteiger partial charge is 0.344 e. The Morgan fingerprint density at radius 3 is 2.38 bits per heavy atom. The molecule has 0 atom stereocenters. The molecule has 3 rings (SSSR count). The van der Waals surface area contributed by atoms with E-state index in [4.69, 9.17) is 4.74 Å². The van der Waals surface area contributed by atoms with Crippen molar-refractivity contribution in [2.45, 2.75) is 4.58 Å². The van der Waals surface area contributed by atoms with Gasteiger partial charge in [0.25, 0.3) is 0 Å². The van der Waals surface area contributed by atoms with Crippen molar-refractivity contribution in [3.05, 3.63) is 63.2 Å². The van der Waals surface area contributed by atoms with E-state index in [2.05, 4.69) is 34.7 Å². The number of hydrogen-bond acceptors (Lipinski definition) is 4. The number of carbonyl (C=O) groups excluding carboxylic acids is 1. The topological polar surface area (TPSA) is 26.3 Å². The van der Waals surface area contributed by atoms with Gasteiger partial charge in [0.1, 0.15) is 5.75 Å². The number of esters is 1. The molecule has 1 saturated heterocycles. The lowest BCUT2D eigenvalue weighted by Gasteiger charge is -2.10. The van der Waals surface area contributed by atoms with Crippen LogP contribution in [0.1, 0.15) is 20.5 Å². The minimum absolute atomic E-state index is 0.308. The Hall–Kier alpha value is -0.660. The van der Waals surface area contributed by atoms with Crippen molar-refractivity contribution in [2.24, 2.45) is 0 Å². The zero-order valence-corrected chi connectivity index (χ0v) is 14.9. The van der Waals surface area contributed by atoms with Gasteiger partial charge < -0.3 is 4.74 Å². The molecule has 0 radical (unpaired) electrons. The molecule has 0 aliphatic carbocycles. The van der Waals surface area contributed by atoms with Gasteiger partial charge >= 0.3 is 5.97 Å². The predicted molar refractivity (Wildman–Crippen MR) is 98.2 cm³/mol. The van der Waals surface area contributed by atoms with E-state index in [-0.39, 0.29) is 5.97 Å². The van der Waals surface area contributed by atoms with E-state index >= 15 is 0 Å². The van der Waals surface area contributed by atoms with Crippen LogP contribution in [0.25, 0.3) is 0 Å². The number of carbonyl (C=O) groups is 1. The lowest BCUT2D eigenvalue weighted by Crippen LogP contribution is -2.10. The fraction of sp³-hybridized carbons (Fsp3) is 0.188. The van der Waals surface area contributed by atoms with Gasteiger partial charge in [-0.2, -0.15) is 0 Å². The van der Waals surface area contributed by atoms with Crippen LogP contribution in [0.5, 0.6) is 5.75 Å². The van der Waals surface area contributed by atoms with Crippen LogP contribution in [0.2, 0.25) is 0 Å². The van der Waals surface area contributed by atoms with Crippen molar-refractivity contribution in [1.82, 2.24) is 0 Å². The maximum Gasteiger partial charge on any atom is 0.344 e. The molecule has 0 bridgehead atoms. The van der Waals surface area contributed by atoms with Gasteiger partial charge in [0.15, 0.2) is 0 Å². The Bertz CT molecular complexity index is 637. The number of benzene rings is 2. The van der Waals surface area contributed by atoms with Crippen LogP contribution in [-0.4, -0.2) is 17.5 Å². The SMILES string of the molecule is O=C(Oc1ccc(C2SCCS2)cc1)c1ccccc1I. The maximum atomic E-state index is 12.1. The number of ether oxygens (including phenoxy) is 1. The van der Waals surface area contributed by atoms with Gasteiger partial charge in [0.2, 0.25) is 0 Å². The van der Waals surface area contributed by atoms with Gasteiger partial charge in [-0.05, 0) is 52.4 Å². The largest absolute Gasteiger partial charge is 0.423 e. The van der Waals surface area contributed by atoms with Crippen LogP contribution < -0.4 is 4.74 Å². The van der Waals surface area contributed by atoms with Crippen molar-refractivity contribution in [3.63, 3.8) is 0 Å². The Morgan fingerprint density at radius 1 is 1.05 bits per heavy atom. The molecule has 2 nitrogen and oxygen atoms in total. The van der Waals surface area contributed by atoms with Gasteiger partial charge in [-0.1, -0.05) is 24.3 Å². The first-order valence-electron chi connectivity index (χ1n) is 6.54. The Balaban J connectivity index is 1.70. The Morgan fingerprint density at radius 2 is 1.71 bits per heavy atom. The highest BCUT2D eigenvalue weighted by Crippen LogP contribution is 2.45. The number of thioether (sulfide) groups is 2. The first kappa shape index (κ1) is 15.2. The Kier molecular flexibility index (Phi) is 5.13. The summed E-state index contributed by atoms with van der Waals surface area (Å²) in [5.41, 5.74) is 1.89. The molecule has 108 valence electrons. The number of hydrogen-bond donors (Lipinski definition) is 0. The van der Waals surface area contributed by atoms with Crippen molar-refractivity contribution in [1.29, 1.82) is 0 Å². The van der Waals surface area contributed by atoms with Crippen LogP contribution in [-0.2, 0) is 0 Å². The quantitative estimate of drug-likeness (QED) is 0.391. The van der Waals surface area contributed by atoms with Gasteiger partial charge in [-0.15, -0.1) is 23.5 Å². The molecule has 1 aliphatic rings. The summed E-state index contributed by atoms with van der Waals surface area (Å²) >= 11 is 6.08. The van der Waals surface area contributed by atoms with E-state index in [1.54, 1.807) is 6.07 Å². The summed E-state index contributed by atoms with van der Waals surface area (Å²) in [6.45, 7) is 0. The molecular formula is C16H13IO2S2. The minimum atomic E-state index is -0.308. The summed E-state index contributed by atoms with van der Waals surface area (Å²) in [6, 6.07) is 15.3. The molecule has 0 saturated carbocycles. The van der Waals surface area contributed by atoms with E-state index in [1.165, 1.54) is 17.1 Å². The van der Waals surface area contributed by atoms with Crippen molar-refractivity contribution in [2.75, 3.05) is 11.5 Å². The van der Waals surface area contributed by atoms with Gasteiger partial charge in [-0.3, -0.25) is 0 Å². The lowest BCUT2D eigenvalue weighted by atomic mass is 10.2. The zero-order chi connectivity index (χ0) is 14.7. The summed E-state index contributed by atoms with van der Waals surface area (Å²) in [4.78, 5) is 12.1. The third-order valence-electron chi connectivity index (χ3n) is 3.08. The third kappa shape index (κ3) is 3.76. The molecule has 5 heteroatoms. The lowest BCUT2D eigenvalue weighted by molar-refractivity contribution is 0.0733. The number of halogens is 1. The Labute approximate surface area is 146 Å². The average Bonchev–Trinajstić information content (AvgIpc) is 3.02. The summed E-state index contributed by atoms with van der Waals surface area (Å²) in [5.74, 6) is 2.70. The van der Waals surface area contributed by atoms with Crippen LogP contribution >= 0.6 is 46.1 Å². The molecule has 21 heavy (non-hydrogen) atoms. The van der Waals surface area contributed by atoms with Crippen molar-refractivity contribution >= 4 is 52.1 Å². The maximum absolute atomic E-state index is 12.1. The highest BCUT2D eigenvalue weighted by Gasteiger charge is 2.18.